The zero-order chi connectivity index (χ0) is 13.0. The van der Waals surface area contributed by atoms with E-state index < -0.39 is 0 Å². The van der Waals surface area contributed by atoms with Crippen LogP contribution in [-0.4, -0.2) is 0 Å². The summed E-state index contributed by atoms with van der Waals surface area (Å²) >= 11 is 12.5. The Balaban J connectivity index is 2.30. The topological polar surface area (TPSA) is 23.8 Å². The number of nitriles is 1. The van der Waals surface area contributed by atoms with E-state index in [1.807, 2.05) is 18.2 Å². The first-order chi connectivity index (χ1) is 8.74. The van der Waals surface area contributed by atoms with Crippen LogP contribution in [0.5, 0.6) is 0 Å². The first kappa shape index (κ1) is 13.7. The van der Waals surface area contributed by atoms with Crippen molar-refractivity contribution in [1.82, 2.24) is 0 Å². The van der Waals surface area contributed by atoms with Crippen molar-refractivity contribution in [2.24, 2.45) is 5.92 Å². The van der Waals surface area contributed by atoms with Crippen LogP contribution in [0.3, 0.4) is 0 Å². The fourth-order valence-corrected chi connectivity index (χ4v) is 3.49. The third kappa shape index (κ3) is 2.99. The van der Waals surface area contributed by atoms with Gasteiger partial charge < -0.3 is 0 Å². The number of nitrogens with zero attached hydrogens (tertiary/aromatic N) is 1. The minimum atomic E-state index is -0.163. The number of rotatable bonds is 2. The third-order valence-corrected chi connectivity index (χ3v) is 4.48. The second-order valence-corrected chi connectivity index (χ2v) is 5.81. The van der Waals surface area contributed by atoms with Crippen LogP contribution in [0.25, 0.3) is 0 Å². The molecule has 2 rings (SSSR count). The van der Waals surface area contributed by atoms with Gasteiger partial charge in [-0.25, -0.2) is 0 Å². The molecule has 0 amide bonds. The van der Waals surface area contributed by atoms with Crippen LogP contribution in [0.15, 0.2) is 18.2 Å². The van der Waals surface area contributed by atoms with Gasteiger partial charge in [-0.3, -0.25) is 0 Å². The molecule has 0 bridgehead atoms. The van der Waals surface area contributed by atoms with E-state index in [0.717, 1.165) is 18.4 Å². The van der Waals surface area contributed by atoms with Crippen molar-refractivity contribution in [3.8, 4) is 6.07 Å². The van der Waals surface area contributed by atoms with Crippen molar-refractivity contribution >= 4 is 23.2 Å². The molecule has 1 aliphatic rings. The lowest BCUT2D eigenvalue weighted by Crippen LogP contribution is -2.12. The summed E-state index contributed by atoms with van der Waals surface area (Å²) in [5, 5.41) is 10.8. The lowest BCUT2D eigenvalue weighted by Gasteiger charge is -2.22. The molecule has 3 heteroatoms. The van der Waals surface area contributed by atoms with Gasteiger partial charge in [-0.1, -0.05) is 55.0 Å². The van der Waals surface area contributed by atoms with E-state index in [4.69, 9.17) is 23.2 Å². The highest BCUT2D eigenvalue weighted by Gasteiger charge is 2.27. The lowest BCUT2D eigenvalue weighted by atomic mass is 9.82. The van der Waals surface area contributed by atoms with Gasteiger partial charge in [-0.15, -0.1) is 0 Å². The van der Waals surface area contributed by atoms with Gasteiger partial charge in [-0.05, 0) is 30.9 Å². The van der Waals surface area contributed by atoms with E-state index in [1.54, 1.807) is 0 Å². The zero-order valence-electron chi connectivity index (χ0n) is 10.3. The zero-order valence-corrected chi connectivity index (χ0v) is 11.8. The van der Waals surface area contributed by atoms with Crippen molar-refractivity contribution in [3.63, 3.8) is 0 Å². The van der Waals surface area contributed by atoms with E-state index >= 15 is 0 Å². The molecule has 0 aromatic heterocycles. The lowest BCUT2D eigenvalue weighted by molar-refractivity contribution is 0.425. The van der Waals surface area contributed by atoms with Crippen molar-refractivity contribution in [2.75, 3.05) is 0 Å². The Morgan fingerprint density at radius 2 is 1.61 bits per heavy atom. The molecule has 0 radical (unpaired) electrons. The average Bonchev–Trinajstić information content (AvgIpc) is 2.63. The maximum Gasteiger partial charge on any atom is 0.0770 e. The minimum absolute atomic E-state index is 0.163. The molecule has 1 aromatic rings. The molecule has 1 fully saturated rings. The summed E-state index contributed by atoms with van der Waals surface area (Å²) in [6, 6.07) is 7.90. The molecule has 0 saturated heterocycles. The molecule has 1 atom stereocenters. The van der Waals surface area contributed by atoms with E-state index in [9.17, 15) is 5.26 Å². The second-order valence-electron chi connectivity index (χ2n) is 4.99. The van der Waals surface area contributed by atoms with E-state index in [1.165, 1.54) is 25.7 Å². The molecule has 1 aliphatic carbocycles. The Morgan fingerprint density at radius 3 is 2.11 bits per heavy atom. The summed E-state index contributed by atoms with van der Waals surface area (Å²) in [4.78, 5) is 0. The first-order valence-electron chi connectivity index (χ1n) is 6.57. The van der Waals surface area contributed by atoms with Crippen LogP contribution in [0.2, 0.25) is 10.0 Å². The fourth-order valence-electron chi connectivity index (χ4n) is 2.86. The molecule has 1 nitrogen and oxygen atoms in total. The smallest absolute Gasteiger partial charge is 0.0770 e. The van der Waals surface area contributed by atoms with Gasteiger partial charge in [0, 0.05) is 15.6 Å². The van der Waals surface area contributed by atoms with E-state index in [-0.39, 0.29) is 5.92 Å². The summed E-state index contributed by atoms with van der Waals surface area (Å²) in [5.74, 6) is 0.235. The predicted octanol–water partition coefficient (Wildman–Crippen LogP) is 5.57. The van der Waals surface area contributed by atoms with Gasteiger partial charge in [0.15, 0.2) is 0 Å². The van der Waals surface area contributed by atoms with Crippen molar-refractivity contribution in [3.05, 3.63) is 33.8 Å². The predicted molar refractivity (Wildman–Crippen MR) is 76.0 cm³/mol. The summed E-state index contributed by atoms with van der Waals surface area (Å²) < 4.78 is 0. The molecular weight excluding hydrogens is 265 g/mol. The quantitative estimate of drug-likeness (QED) is 0.650. The number of halogens is 2. The molecule has 96 valence electrons. The molecule has 0 spiro atoms. The third-order valence-electron chi connectivity index (χ3n) is 3.82. The molecule has 1 saturated carbocycles. The van der Waals surface area contributed by atoms with E-state index in [2.05, 4.69) is 6.07 Å². The Kier molecular flexibility index (Phi) is 4.92. The number of hydrogen-bond donors (Lipinski definition) is 0. The molecular formula is C15H17Cl2N. The van der Waals surface area contributed by atoms with Gasteiger partial charge in [0.25, 0.3) is 0 Å². The molecule has 0 N–H and O–H groups in total. The van der Waals surface area contributed by atoms with Crippen molar-refractivity contribution < 1.29 is 0 Å². The molecule has 18 heavy (non-hydrogen) atoms. The Labute approximate surface area is 119 Å². The second kappa shape index (κ2) is 6.45. The molecule has 1 aromatic carbocycles. The number of hydrogen-bond acceptors (Lipinski definition) is 1. The SMILES string of the molecule is N#CC(c1c(Cl)cccc1Cl)C1CCCCCC1. The highest BCUT2D eigenvalue weighted by Crippen LogP contribution is 2.40. The van der Waals surface area contributed by atoms with Crippen molar-refractivity contribution in [2.45, 2.75) is 44.4 Å². The van der Waals surface area contributed by atoms with Crippen LogP contribution in [0.1, 0.15) is 50.0 Å². The van der Waals surface area contributed by atoms with Crippen molar-refractivity contribution in [1.29, 1.82) is 5.26 Å². The first-order valence-corrected chi connectivity index (χ1v) is 7.33. The van der Waals surface area contributed by atoms with Gasteiger partial charge in [0.05, 0.1) is 12.0 Å². The minimum Gasteiger partial charge on any atom is -0.198 e. The van der Waals surface area contributed by atoms with Gasteiger partial charge in [0.1, 0.15) is 0 Å². The maximum absolute atomic E-state index is 9.51. The molecule has 0 aliphatic heterocycles. The number of benzene rings is 1. The summed E-state index contributed by atoms with van der Waals surface area (Å²) in [5.41, 5.74) is 0.829. The largest absolute Gasteiger partial charge is 0.198 e. The average molecular weight is 282 g/mol. The van der Waals surface area contributed by atoms with Crippen LogP contribution in [0.4, 0.5) is 0 Å². The maximum atomic E-state index is 9.51. The van der Waals surface area contributed by atoms with E-state index in [0.29, 0.717) is 16.0 Å². The monoisotopic (exact) mass is 281 g/mol. The van der Waals surface area contributed by atoms with Gasteiger partial charge in [0.2, 0.25) is 0 Å². The Bertz CT molecular complexity index is 422. The fraction of sp³-hybridized carbons (Fsp3) is 0.533. The highest BCUT2D eigenvalue weighted by atomic mass is 35.5. The van der Waals surface area contributed by atoms with Crippen LogP contribution in [0, 0.1) is 17.2 Å². The van der Waals surface area contributed by atoms with Gasteiger partial charge in [-0.2, -0.15) is 5.26 Å². The molecule has 0 heterocycles. The van der Waals surface area contributed by atoms with Crippen LogP contribution < -0.4 is 0 Å². The van der Waals surface area contributed by atoms with Gasteiger partial charge >= 0.3 is 0 Å². The summed E-state index contributed by atoms with van der Waals surface area (Å²) in [7, 11) is 0. The van der Waals surface area contributed by atoms with Crippen LogP contribution in [-0.2, 0) is 0 Å². The summed E-state index contributed by atoms with van der Waals surface area (Å²) in [6.45, 7) is 0. The normalized spacial score (nSPS) is 18.9. The Morgan fingerprint density at radius 1 is 1.06 bits per heavy atom. The molecule has 1 unspecified atom stereocenters. The highest BCUT2D eigenvalue weighted by molar-refractivity contribution is 6.36. The Hall–Kier alpha value is -0.710. The van der Waals surface area contributed by atoms with Crippen LogP contribution >= 0.6 is 23.2 Å². The standard InChI is InChI=1S/C15H17Cl2N/c16-13-8-5-9-14(17)15(13)12(10-18)11-6-3-1-2-4-7-11/h5,8-9,11-12H,1-4,6-7H2. The summed E-state index contributed by atoms with van der Waals surface area (Å²) in [6.07, 6.45) is 7.21.